The molecule has 0 aliphatic carbocycles. The molecule has 1 aromatic carbocycles. The Balaban J connectivity index is 2.54. The quantitative estimate of drug-likeness (QED) is 0.459. The van der Waals surface area contributed by atoms with Crippen LogP contribution in [0.5, 0.6) is 5.75 Å². The number of halogens is 4. The normalized spacial score (nSPS) is 11.3. The number of carbonyl (C=O) groups is 1. The summed E-state index contributed by atoms with van der Waals surface area (Å²) in [5.41, 5.74) is -0.0722. The number of alkyl halides is 3. The second-order valence-corrected chi connectivity index (χ2v) is 2.92. The van der Waals surface area contributed by atoms with Crippen molar-refractivity contribution in [2.75, 3.05) is 13.2 Å². The van der Waals surface area contributed by atoms with E-state index in [9.17, 15) is 22.4 Å². The van der Waals surface area contributed by atoms with Crippen molar-refractivity contribution in [2.45, 2.75) is 6.36 Å². The number of hydrogen-bond donors (Lipinski definition) is 0. The van der Waals surface area contributed by atoms with E-state index in [4.69, 9.17) is 4.74 Å². The number of rotatable bonds is 5. The van der Waals surface area contributed by atoms with Crippen LogP contribution in [0.3, 0.4) is 0 Å². The monoisotopic (exact) mass is 252 g/mol. The lowest BCUT2D eigenvalue weighted by Crippen LogP contribution is -2.18. The topological polar surface area (TPSA) is 35.5 Å². The first-order valence-electron chi connectivity index (χ1n) is 4.51. The Morgan fingerprint density at radius 2 is 1.94 bits per heavy atom. The van der Waals surface area contributed by atoms with Gasteiger partial charge in [-0.1, -0.05) is 6.07 Å². The second kappa shape index (κ2) is 5.62. The summed E-state index contributed by atoms with van der Waals surface area (Å²) in [5.74, 6) is -1.20. The van der Waals surface area contributed by atoms with E-state index in [1.165, 1.54) is 12.1 Å². The Morgan fingerprint density at radius 1 is 1.24 bits per heavy atom. The minimum absolute atomic E-state index is 0.0722. The first-order chi connectivity index (χ1) is 7.94. The molecule has 0 atom stereocenters. The minimum Gasteiger partial charge on any atom is -0.487 e. The molecule has 0 unspecified atom stereocenters. The molecule has 1 aromatic rings. The number of ether oxygens (including phenoxy) is 2. The van der Waals surface area contributed by atoms with Crippen molar-refractivity contribution in [3.8, 4) is 5.75 Å². The molecule has 0 radical (unpaired) electrons. The predicted molar refractivity (Wildman–Crippen MR) is 49.3 cm³/mol. The highest BCUT2D eigenvalue weighted by molar-refractivity contribution is 5.79. The summed E-state index contributed by atoms with van der Waals surface area (Å²) in [4.78, 5) is 10.5. The molecule has 0 saturated carbocycles. The van der Waals surface area contributed by atoms with Gasteiger partial charge in [-0.25, -0.2) is 4.39 Å². The molecule has 0 aromatic heterocycles. The third-order valence-corrected chi connectivity index (χ3v) is 1.72. The molecule has 3 nitrogen and oxygen atoms in total. The first-order valence-corrected chi connectivity index (χ1v) is 4.51. The van der Waals surface area contributed by atoms with Gasteiger partial charge in [-0.05, 0) is 12.1 Å². The number of aldehydes is 1. The lowest BCUT2D eigenvalue weighted by atomic mass is 10.2. The fraction of sp³-hybridized carbons (Fsp3) is 0.300. The molecule has 0 aliphatic heterocycles. The summed E-state index contributed by atoms with van der Waals surface area (Å²) < 4.78 is 56.1. The number of benzene rings is 1. The Labute approximate surface area is 93.9 Å². The first kappa shape index (κ1) is 13.4. The predicted octanol–water partition coefficient (Wildman–Crippen LogP) is 2.55. The zero-order valence-electron chi connectivity index (χ0n) is 8.46. The van der Waals surface area contributed by atoms with Crippen LogP contribution in [0, 0.1) is 5.82 Å². The van der Waals surface area contributed by atoms with Crippen molar-refractivity contribution in [1.82, 2.24) is 0 Å². The van der Waals surface area contributed by atoms with E-state index in [2.05, 4.69) is 4.74 Å². The summed E-state index contributed by atoms with van der Waals surface area (Å²) in [6.07, 6.45) is -4.41. The molecule has 0 amide bonds. The average Bonchev–Trinajstić information content (AvgIpc) is 2.24. The maximum absolute atomic E-state index is 13.2. The molecule has 0 bridgehead atoms. The molecule has 0 aliphatic rings. The zero-order chi connectivity index (χ0) is 12.9. The van der Waals surface area contributed by atoms with Crippen LogP contribution < -0.4 is 4.74 Å². The van der Waals surface area contributed by atoms with Crippen molar-refractivity contribution in [1.29, 1.82) is 0 Å². The van der Waals surface area contributed by atoms with Gasteiger partial charge in [-0.3, -0.25) is 9.53 Å². The number of carbonyl (C=O) groups excluding carboxylic acids is 1. The molecular formula is C10H8F4O3. The number of para-hydroxylation sites is 1. The molecule has 0 saturated heterocycles. The molecule has 0 fully saturated rings. The van der Waals surface area contributed by atoms with Gasteiger partial charge in [0.15, 0.2) is 17.9 Å². The fourth-order valence-electron chi connectivity index (χ4n) is 1.07. The van der Waals surface area contributed by atoms with Crippen LogP contribution in [-0.2, 0) is 4.74 Å². The highest BCUT2D eigenvalue weighted by atomic mass is 19.4. The largest absolute Gasteiger partial charge is 0.522 e. The average molecular weight is 252 g/mol. The van der Waals surface area contributed by atoms with Crippen molar-refractivity contribution in [3.05, 3.63) is 29.6 Å². The lowest BCUT2D eigenvalue weighted by molar-refractivity contribution is -0.325. The molecule has 0 heterocycles. The Kier molecular flexibility index (Phi) is 4.45. The standard InChI is InChI=1S/C10H8F4O3/c11-8-3-1-2-7(6-15)9(8)16-4-5-17-10(12,13)14/h1-3,6H,4-5H2. The van der Waals surface area contributed by atoms with E-state index < -0.39 is 25.4 Å². The van der Waals surface area contributed by atoms with Gasteiger partial charge in [0.25, 0.3) is 0 Å². The van der Waals surface area contributed by atoms with Gasteiger partial charge in [0.05, 0.1) is 12.2 Å². The van der Waals surface area contributed by atoms with Crippen molar-refractivity contribution in [3.63, 3.8) is 0 Å². The van der Waals surface area contributed by atoms with Crippen molar-refractivity contribution in [2.24, 2.45) is 0 Å². The van der Waals surface area contributed by atoms with Crippen LogP contribution >= 0.6 is 0 Å². The third-order valence-electron chi connectivity index (χ3n) is 1.72. The van der Waals surface area contributed by atoms with E-state index in [1.54, 1.807) is 0 Å². The SMILES string of the molecule is O=Cc1cccc(F)c1OCCOC(F)(F)F. The molecular weight excluding hydrogens is 244 g/mol. The molecule has 94 valence electrons. The van der Waals surface area contributed by atoms with Gasteiger partial charge >= 0.3 is 6.36 Å². The molecule has 1 rings (SSSR count). The summed E-state index contributed by atoms with van der Waals surface area (Å²) in [7, 11) is 0. The van der Waals surface area contributed by atoms with Crippen LogP contribution in [0.4, 0.5) is 17.6 Å². The van der Waals surface area contributed by atoms with Crippen LogP contribution in [0.2, 0.25) is 0 Å². The second-order valence-electron chi connectivity index (χ2n) is 2.92. The zero-order valence-corrected chi connectivity index (χ0v) is 8.46. The smallest absolute Gasteiger partial charge is 0.487 e. The van der Waals surface area contributed by atoms with E-state index in [0.717, 1.165) is 6.07 Å². The van der Waals surface area contributed by atoms with Crippen LogP contribution in [0.1, 0.15) is 10.4 Å². The van der Waals surface area contributed by atoms with Gasteiger partial charge in [-0.2, -0.15) is 0 Å². The van der Waals surface area contributed by atoms with Crippen LogP contribution in [-0.4, -0.2) is 25.9 Å². The van der Waals surface area contributed by atoms with E-state index >= 15 is 0 Å². The van der Waals surface area contributed by atoms with E-state index in [1.807, 2.05) is 0 Å². The molecule has 7 heteroatoms. The Hall–Kier alpha value is -1.63. The van der Waals surface area contributed by atoms with Gasteiger partial charge in [0.2, 0.25) is 0 Å². The minimum atomic E-state index is -4.76. The van der Waals surface area contributed by atoms with E-state index in [0.29, 0.717) is 6.29 Å². The molecule has 17 heavy (non-hydrogen) atoms. The summed E-state index contributed by atoms with van der Waals surface area (Å²) >= 11 is 0. The highest BCUT2D eigenvalue weighted by Crippen LogP contribution is 2.21. The third kappa shape index (κ3) is 4.39. The van der Waals surface area contributed by atoms with Crippen LogP contribution in [0.15, 0.2) is 18.2 Å². The van der Waals surface area contributed by atoms with Crippen molar-refractivity contribution < 1.29 is 31.8 Å². The maximum atomic E-state index is 13.2. The van der Waals surface area contributed by atoms with Crippen LogP contribution in [0.25, 0.3) is 0 Å². The van der Waals surface area contributed by atoms with Gasteiger partial charge in [-0.15, -0.1) is 13.2 Å². The van der Waals surface area contributed by atoms with Gasteiger partial charge in [0.1, 0.15) is 6.61 Å². The maximum Gasteiger partial charge on any atom is 0.522 e. The Morgan fingerprint density at radius 3 is 2.53 bits per heavy atom. The summed E-state index contributed by atoms with van der Waals surface area (Å²) in [5, 5.41) is 0. The van der Waals surface area contributed by atoms with Crippen molar-refractivity contribution >= 4 is 6.29 Å². The molecule has 0 N–H and O–H groups in total. The highest BCUT2D eigenvalue weighted by Gasteiger charge is 2.28. The summed E-state index contributed by atoms with van der Waals surface area (Å²) in [6, 6.07) is 3.61. The number of hydrogen-bond acceptors (Lipinski definition) is 3. The van der Waals surface area contributed by atoms with Gasteiger partial charge < -0.3 is 4.74 Å². The summed E-state index contributed by atoms with van der Waals surface area (Å²) in [6.45, 7) is -1.29. The fourth-order valence-corrected chi connectivity index (χ4v) is 1.07. The van der Waals surface area contributed by atoms with E-state index in [-0.39, 0.29) is 11.3 Å². The Bertz CT molecular complexity index is 390. The molecule has 0 spiro atoms. The van der Waals surface area contributed by atoms with Gasteiger partial charge in [0, 0.05) is 0 Å². The lowest BCUT2D eigenvalue weighted by Gasteiger charge is -2.10.